The zero-order valence-corrected chi connectivity index (χ0v) is 18.8. The number of aliphatic imine (C=N–C) groups is 1. The van der Waals surface area contributed by atoms with Crippen molar-refractivity contribution in [3.05, 3.63) is 41.8 Å². The molecule has 0 radical (unpaired) electrons. The van der Waals surface area contributed by atoms with Gasteiger partial charge in [0.2, 0.25) is 5.89 Å². The van der Waals surface area contributed by atoms with Crippen molar-refractivity contribution in [1.82, 2.24) is 20.5 Å². The molecule has 0 spiro atoms. The molecule has 0 fully saturated rings. The minimum atomic E-state index is 0.569. The number of oxazole rings is 1. The van der Waals surface area contributed by atoms with Gasteiger partial charge in [-0.3, -0.25) is 9.89 Å². The molecule has 2 N–H and O–H groups in total. The molecule has 0 atom stereocenters. The molecule has 0 saturated carbocycles. The monoisotopic (exact) mass is 399 g/mol. The van der Waals surface area contributed by atoms with Gasteiger partial charge in [-0.2, -0.15) is 0 Å². The van der Waals surface area contributed by atoms with Gasteiger partial charge in [-0.25, -0.2) is 4.98 Å². The molecule has 6 nitrogen and oxygen atoms in total. The summed E-state index contributed by atoms with van der Waals surface area (Å²) in [5, 5.41) is 6.75. The summed E-state index contributed by atoms with van der Waals surface area (Å²) < 4.78 is 5.63. The summed E-state index contributed by atoms with van der Waals surface area (Å²) in [7, 11) is 1.80. The zero-order valence-electron chi connectivity index (χ0n) is 18.8. The second kappa shape index (κ2) is 11.6. The van der Waals surface area contributed by atoms with E-state index in [1.807, 2.05) is 12.1 Å². The Hall–Kier alpha value is -2.34. The van der Waals surface area contributed by atoms with E-state index >= 15 is 0 Å². The Kier molecular flexibility index (Phi) is 9.19. The highest BCUT2D eigenvalue weighted by atomic mass is 16.3. The lowest BCUT2D eigenvalue weighted by molar-refractivity contribution is 0.173. The van der Waals surface area contributed by atoms with Crippen molar-refractivity contribution in [3.8, 4) is 11.5 Å². The highest BCUT2D eigenvalue weighted by Crippen LogP contribution is 2.19. The van der Waals surface area contributed by atoms with E-state index in [0.717, 1.165) is 49.7 Å². The Balaban J connectivity index is 1.71. The SMILES string of the molecule is CN=C(NCCCN(C(C)C)C(C)C)NCCc1coc(-c2ccc(C)cc2)n1. The maximum absolute atomic E-state index is 5.63. The highest BCUT2D eigenvalue weighted by molar-refractivity contribution is 5.79. The van der Waals surface area contributed by atoms with Gasteiger partial charge >= 0.3 is 0 Å². The van der Waals surface area contributed by atoms with E-state index in [-0.39, 0.29) is 0 Å². The molecule has 0 aliphatic rings. The fourth-order valence-electron chi connectivity index (χ4n) is 3.36. The van der Waals surface area contributed by atoms with E-state index < -0.39 is 0 Å². The van der Waals surface area contributed by atoms with Gasteiger partial charge in [-0.15, -0.1) is 0 Å². The van der Waals surface area contributed by atoms with Crippen molar-refractivity contribution < 1.29 is 4.42 Å². The van der Waals surface area contributed by atoms with Crippen LogP contribution in [0.2, 0.25) is 0 Å². The van der Waals surface area contributed by atoms with Crippen LogP contribution in [0.4, 0.5) is 0 Å². The van der Waals surface area contributed by atoms with Crippen molar-refractivity contribution in [2.75, 3.05) is 26.7 Å². The average Bonchev–Trinajstić information content (AvgIpc) is 3.15. The van der Waals surface area contributed by atoms with Crippen molar-refractivity contribution in [2.24, 2.45) is 4.99 Å². The van der Waals surface area contributed by atoms with Crippen molar-refractivity contribution in [3.63, 3.8) is 0 Å². The van der Waals surface area contributed by atoms with E-state index in [2.05, 4.69) is 72.3 Å². The topological polar surface area (TPSA) is 65.7 Å². The number of guanidine groups is 1. The summed E-state index contributed by atoms with van der Waals surface area (Å²) in [4.78, 5) is 11.4. The van der Waals surface area contributed by atoms with E-state index in [4.69, 9.17) is 4.42 Å². The van der Waals surface area contributed by atoms with Crippen LogP contribution in [0.5, 0.6) is 0 Å². The molecule has 29 heavy (non-hydrogen) atoms. The minimum Gasteiger partial charge on any atom is -0.444 e. The molecule has 0 unspecified atom stereocenters. The first-order valence-corrected chi connectivity index (χ1v) is 10.6. The van der Waals surface area contributed by atoms with Crippen LogP contribution in [0.1, 0.15) is 45.4 Å². The molecule has 6 heteroatoms. The molecule has 1 aromatic carbocycles. The van der Waals surface area contributed by atoms with Crippen LogP contribution in [0.3, 0.4) is 0 Å². The lowest BCUT2D eigenvalue weighted by Gasteiger charge is -2.30. The summed E-state index contributed by atoms with van der Waals surface area (Å²) in [5.41, 5.74) is 3.17. The number of aromatic nitrogens is 1. The molecule has 0 bridgehead atoms. The van der Waals surface area contributed by atoms with Crippen LogP contribution < -0.4 is 10.6 Å². The second-order valence-corrected chi connectivity index (χ2v) is 7.96. The van der Waals surface area contributed by atoms with Gasteiger partial charge < -0.3 is 15.1 Å². The molecule has 1 heterocycles. The summed E-state index contributed by atoms with van der Waals surface area (Å²) in [6, 6.07) is 9.35. The number of hydrogen-bond acceptors (Lipinski definition) is 4. The molecular weight excluding hydrogens is 362 g/mol. The van der Waals surface area contributed by atoms with Crippen LogP contribution >= 0.6 is 0 Å². The first kappa shape index (κ1) is 22.9. The number of aryl methyl sites for hydroxylation is 1. The van der Waals surface area contributed by atoms with Crippen molar-refractivity contribution in [2.45, 2.75) is 59.5 Å². The first-order valence-electron chi connectivity index (χ1n) is 10.6. The van der Waals surface area contributed by atoms with Crippen LogP contribution in [-0.4, -0.2) is 54.6 Å². The quantitative estimate of drug-likeness (QED) is 0.361. The van der Waals surface area contributed by atoms with Crippen LogP contribution in [0.25, 0.3) is 11.5 Å². The third-order valence-corrected chi connectivity index (χ3v) is 4.96. The minimum absolute atomic E-state index is 0.569. The predicted molar refractivity (Wildman–Crippen MR) is 121 cm³/mol. The van der Waals surface area contributed by atoms with Gasteiger partial charge in [0.1, 0.15) is 6.26 Å². The number of benzene rings is 1. The van der Waals surface area contributed by atoms with E-state index in [9.17, 15) is 0 Å². The summed E-state index contributed by atoms with van der Waals surface area (Å²) in [6.45, 7) is 13.8. The van der Waals surface area contributed by atoms with Crippen molar-refractivity contribution >= 4 is 5.96 Å². The number of hydrogen-bond donors (Lipinski definition) is 2. The number of rotatable bonds is 10. The summed E-state index contributed by atoms with van der Waals surface area (Å²) in [6.07, 6.45) is 3.60. The van der Waals surface area contributed by atoms with Gasteiger partial charge in [0.05, 0.1) is 5.69 Å². The third kappa shape index (κ3) is 7.54. The van der Waals surface area contributed by atoms with Crippen LogP contribution in [0, 0.1) is 6.92 Å². The predicted octanol–water partition coefficient (Wildman–Crippen LogP) is 3.87. The van der Waals surface area contributed by atoms with Gasteiger partial charge in [-0.1, -0.05) is 17.7 Å². The Bertz CT molecular complexity index is 741. The number of nitrogens with zero attached hydrogens (tertiary/aromatic N) is 3. The largest absolute Gasteiger partial charge is 0.444 e. The van der Waals surface area contributed by atoms with Crippen LogP contribution in [0.15, 0.2) is 39.9 Å². The van der Waals surface area contributed by atoms with Gasteiger partial charge in [0.15, 0.2) is 5.96 Å². The molecule has 0 amide bonds. The Labute approximate surface area is 175 Å². The lowest BCUT2D eigenvalue weighted by atomic mass is 10.1. The Morgan fingerprint density at radius 2 is 1.72 bits per heavy atom. The van der Waals surface area contributed by atoms with E-state index in [1.54, 1.807) is 13.3 Å². The Morgan fingerprint density at radius 1 is 1.07 bits per heavy atom. The fourth-order valence-corrected chi connectivity index (χ4v) is 3.36. The van der Waals surface area contributed by atoms with Gasteiger partial charge in [0, 0.05) is 50.7 Å². The van der Waals surface area contributed by atoms with Gasteiger partial charge in [-0.05, 0) is 53.2 Å². The normalized spacial score (nSPS) is 12.2. The molecule has 160 valence electrons. The molecule has 0 saturated heterocycles. The molecule has 0 aliphatic heterocycles. The van der Waals surface area contributed by atoms with Gasteiger partial charge in [0.25, 0.3) is 0 Å². The van der Waals surface area contributed by atoms with E-state index in [0.29, 0.717) is 18.0 Å². The number of nitrogens with one attached hydrogen (secondary N) is 2. The van der Waals surface area contributed by atoms with E-state index in [1.165, 1.54) is 5.56 Å². The van der Waals surface area contributed by atoms with Crippen molar-refractivity contribution in [1.29, 1.82) is 0 Å². The molecular formula is C23H37N5O. The second-order valence-electron chi connectivity index (χ2n) is 7.96. The maximum Gasteiger partial charge on any atom is 0.226 e. The summed E-state index contributed by atoms with van der Waals surface area (Å²) in [5.74, 6) is 1.50. The highest BCUT2D eigenvalue weighted by Gasteiger charge is 2.12. The molecule has 2 aromatic rings. The maximum atomic E-state index is 5.63. The summed E-state index contributed by atoms with van der Waals surface area (Å²) >= 11 is 0. The zero-order chi connectivity index (χ0) is 21.2. The molecule has 2 rings (SSSR count). The lowest BCUT2D eigenvalue weighted by Crippen LogP contribution is -2.41. The Morgan fingerprint density at radius 3 is 2.34 bits per heavy atom. The smallest absolute Gasteiger partial charge is 0.226 e. The molecule has 0 aliphatic carbocycles. The fraction of sp³-hybridized carbons (Fsp3) is 0.565. The third-order valence-electron chi connectivity index (χ3n) is 4.96. The average molecular weight is 400 g/mol. The molecule has 1 aromatic heterocycles. The van der Waals surface area contributed by atoms with Crippen LogP contribution in [-0.2, 0) is 6.42 Å². The first-order chi connectivity index (χ1) is 13.9. The standard InChI is InChI=1S/C23H37N5O/c1-17(2)28(18(3)4)15-7-13-25-23(24-6)26-14-12-21-16-29-22(27-21)20-10-8-19(5)9-11-20/h8-11,16-18H,7,12-15H2,1-6H3,(H2,24,25,26).